The number of H-pyrrole nitrogens is 1. The fourth-order valence-electron chi connectivity index (χ4n) is 2.88. The number of nitrogens with zero attached hydrogens (tertiary/aromatic N) is 1. The van der Waals surface area contributed by atoms with Crippen LogP contribution in [-0.2, 0) is 23.4 Å². The van der Waals surface area contributed by atoms with Crippen molar-refractivity contribution >= 4 is 13.7 Å². The summed E-state index contributed by atoms with van der Waals surface area (Å²) in [6.07, 6.45) is 2.98. The van der Waals surface area contributed by atoms with Crippen molar-refractivity contribution in [2.24, 2.45) is 0 Å². The molecule has 1 aliphatic rings. The largest absolute Gasteiger partial charge is 0.468 e. The van der Waals surface area contributed by atoms with E-state index in [1.165, 1.54) is 36.9 Å². The molecule has 0 aliphatic carbocycles. The van der Waals surface area contributed by atoms with Gasteiger partial charge < -0.3 is 14.0 Å². The lowest BCUT2D eigenvalue weighted by atomic mass is 10.3. The Hall–Kier alpha value is -3.05. The number of aromatic amines is 1. The summed E-state index contributed by atoms with van der Waals surface area (Å²) in [6, 6.07) is 3.68. The van der Waals surface area contributed by atoms with Crippen molar-refractivity contribution in [3.8, 4) is 5.75 Å². The Morgan fingerprint density at radius 2 is 2.00 bits per heavy atom. The smallest absolute Gasteiger partial charge is 0.459 e. The SMILES string of the molecule is COC(=O)C(C)NP(=O)(OCC1C=CC(n2cc(C)c(=O)[nH]c2=O)O1)Oc1ccc(F)cc1. The van der Waals surface area contributed by atoms with Gasteiger partial charge in [-0.2, -0.15) is 5.09 Å². The zero-order valence-electron chi connectivity index (χ0n) is 18.0. The molecule has 2 heterocycles. The van der Waals surface area contributed by atoms with Gasteiger partial charge in [-0.15, -0.1) is 0 Å². The van der Waals surface area contributed by atoms with Crippen LogP contribution in [0.2, 0.25) is 0 Å². The van der Waals surface area contributed by atoms with Crippen LogP contribution in [0.15, 0.2) is 52.2 Å². The molecule has 1 aromatic carbocycles. The number of carbonyl (C=O) groups is 1. The quantitative estimate of drug-likeness (QED) is 0.311. The molecule has 4 unspecified atom stereocenters. The van der Waals surface area contributed by atoms with Gasteiger partial charge in [-0.3, -0.25) is 23.7 Å². The number of hydrogen-bond donors (Lipinski definition) is 2. The topological polar surface area (TPSA) is 138 Å². The van der Waals surface area contributed by atoms with Crippen molar-refractivity contribution in [3.05, 3.63) is 74.8 Å². The minimum absolute atomic E-state index is 0.0420. The van der Waals surface area contributed by atoms with E-state index in [2.05, 4.69) is 14.8 Å². The first-order valence-electron chi connectivity index (χ1n) is 9.81. The summed E-state index contributed by atoms with van der Waals surface area (Å²) in [4.78, 5) is 37.6. The number of carbonyl (C=O) groups excluding carboxylic acids is 1. The molecule has 2 aromatic rings. The summed E-state index contributed by atoms with van der Waals surface area (Å²) in [5.74, 6) is -1.18. The number of aryl methyl sites for hydroxylation is 1. The molecule has 0 amide bonds. The van der Waals surface area contributed by atoms with Crippen molar-refractivity contribution in [2.75, 3.05) is 13.7 Å². The molecular weight excluding hydrogens is 460 g/mol. The third-order valence-corrected chi connectivity index (χ3v) is 6.22. The maximum atomic E-state index is 13.3. The van der Waals surface area contributed by atoms with Crippen LogP contribution in [0.4, 0.5) is 4.39 Å². The fourth-order valence-corrected chi connectivity index (χ4v) is 4.38. The lowest BCUT2D eigenvalue weighted by Gasteiger charge is -2.24. The third-order valence-electron chi connectivity index (χ3n) is 4.58. The number of methoxy groups -OCH3 is 1. The van der Waals surface area contributed by atoms with Crippen LogP contribution in [0, 0.1) is 12.7 Å². The van der Waals surface area contributed by atoms with Crippen molar-refractivity contribution < 1.29 is 32.3 Å². The molecule has 178 valence electrons. The van der Waals surface area contributed by atoms with Gasteiger partial charge in [-0.25, -0.2) is 13.8 Å². The Labute approximate surface area is 187 Å². The maximum absolute atomic E-state index is 13.3. The summed E-state index contributed by atoms with van der Waals surface area (Å²) in [5.41, 5.74) is -0.826. The van der Waals surface area contributed by atoms with Gasteiger partial charge in [0.2, 0.25) is 0 Å². The van der Waals surface area contributed by atoms with E-state index in [-0.39, 0.29) is 12.4 Å². The van der Waals surface area contributed by atoms with Gasteiger partial charge in [0.1, 0.15) is 23.7 Å². The zero-order chi connectivity index (χ0) is 24.2. The van der Waals surface area contributed by atoms with E-state index < -0.39 is 49.2 Å². The molecule has 13 heteroatoms. The molecule has 11 nitrogen and oxygen atoms in total. The molecule has 33 heavy (non-hydrogen) atoms. The summed E-state index contributed by atoms with van der Waals surface area (Å²) in [6.45, 7) is 2.68. The van der Waals surface area contributed by atoms with E-state index in [4.69, 9.17) is 13.8 Å². The zero-order valence-corrected chi connectivity index (χ0v) is 18.9. The first-order chi connectivity index (χ1) is 15.6. The Morgan fingerprint density at radius 3 is 2.67 bits per heavy atom. The first kappa shape index (κ1) is 24.6. The van der Waals surface area contributed by atoms with Crippen molar-refractivity contribution in [1.29, 1.82) is 0 Å². The molecule has 0 saturated heterocycles. The Bertz CT molecular complexity index is 1190. The molecule has 0 saturated carbocycles. The number of benzene rings is 1. The van der Waals surface area contributed by atoms with Gasteiger partial charge in [0, 0.05) is 11.8 Å². The number of hydrogen-bond acceptors (Lipinski definition) is 8. The van der Waals surface area contributed by atoms with Crippen LogP contribution in [0.25, 0.3) is 0 Å². The van der Waals surface area contributed by atoms with Crippen molar-refractivity contribution in [2.45, 2.75) is 32.2 Å². The van der Waals surface area contributed by atoms with Gasteiger partial charge in [-0.05, 0) is 44.2 Å². The van der Waals surface area contributed by atoms with E-state index in [1.54, 1.807) is 19.1 Å². The molecule has 1 aliphatic heterocycles. The van der Waals surface area contributed by atoms with Crippen LogP contribution in [0.5, 0.6) is 5.75 Å². The Morgan fingerprint density at radius 1 is 1.30 bits per heavy atom. The highest BCUT2D eigenvalue weighted by molar-refractivity contribution is 7.52. The summed E-state index contributed by atoms with van der Waals surface area (Å²) in [7, 11) is -2.98. The molecule has 0 bridgehead atoms. The van der Waals surface area contributed by atoms with Gasteiger partial charge >= 0.3 is 19.4 Å². The van der Waals surface area contributed by atoms with Crippen molar-refractivity contribution in [1.82, 2.24) is 14.6 Å². The highest BCUT2D eigenvalue weighted by Gasteiger charge is 2.34. The summed E-state index contributed by atoms with van der Waals surface area (Å²) >= 11 is 0. The third kappa shape index (κ3) is 6.26. The minimum atomic E-state index is -4.15. The Kier molecular flexibility index (Phi) is 7.65. The van der Waals surface area contributed by atoms with E-state index in [9.17, 15) is 23.3 Å². The van der Waals surface area contributed by atoms with Crippen LogP contribution in [0.1, 0.15) is 18.7 Å². The molecule has 1 aromatic heterocycles. The number of rotatable bonds is 9. The lowest BCUT2D eigenvalue weighted by Crippen LogP contribution is -2.35. The average Bonchev–Trinajstić information content (AvgIpc) is 3.25. The van der Waals surface area contributed by atoms with E-state index in [1.807, 2.05) is 0 Å². The van der Waals surface area contributed by atoms with Crippen LogP contribution < -0.4 is 20.9 Å². The van der Waals surface area contributed by atoms with E-state index >= 15 is 0 Å². The maximum Gasteiger partial charge on any atom is 0.459 e. The number of nitrogens with one attached hydrogen (secondary N) is 2. The van der Waals surface area contributed by atoms with Crippen molar-refractivity contribution in [3.63, 3.8) is 0 Å². The summed E-state index contributed by atoms with van der Waals surface area (Å²) in [5, 5.41) is 2.47. The minimum Gasteiger partial charge on any atom is -0.468 e. The predicted molar refractivity (Wildman–Crippen MR) is 114 cm³/mol. The highest BCUT2D eigenvalue weighted by Crippen LogP contribution is 2.45. The number of aromatic nitrogens is 2. The molecule has 3 rings (SSSR count). The Balaban J connectivity index is 1.71. The second-order valence-corrected chi connectivity index (χ2v) is 8.83. The van der Waals surface area contributed by atoms with E-state index in [0.717, 1.165) is 12.1 Å². The van der Waals surface area contributed by atoms with Gasteiger partial charge in [0.25, 0.3) is 5.56 Å². The van der Waals surface area contributed by atoms with Gasteiger partial charge in [0.15, 0.2) is 6.23 Å². The highest BCUT2D eigenvalue weighted by atomic mass is 31.2. The monoisotopic (exact) mass is 483 g/mol. The fraction of sp³-hybridized carbons (Fsp3) is 0.350. The molecule has 0 spiro atoms. The van der Waals surface area contributed by atoms with Crippen LogP contribution in [0.3, 0.4) is 0 Å². The normalized spacial score (nSPS) is 20.2. The molecular formula is C20H23FN3O8P. The van der Waals surface area contributed by atoms with Crippen LogP contribution >= 0.6 is 7.75 Å². The standard InChI is InChI=1S/C20H23FN3O8P/c1-12-10-24(20(27)22-18(12)25)17-9-8-16(31-17)11-30-33(28,23-13(2)19(26)29-3)32-15-6-4-14(21)5-7-15/h4-10,13,16-17H,11H2,1-3H3,(H,23,28)(H,22,25,27). The summed E-state index contributed by atoms with van der Waals surface area (Å²) < 4.78 is 48.9. The lowest BCUT2D eigenvalue weighted by molar-refractivity contribution is -0.142. The molecule has 0 fully saturated rings. The van der Waals surface area contributed by atoms with E-state index in [0.29, 0.717) is 5.56 Å². The van der Waals surface area contributed by atoms with Crippen LogP contribution in [-0.4, -0.2) is 41.4 Å². The molecule has 4 atom stereocenters. The molecule has 0 radical (unpaired) electrons. The number of halogens is 1. The average molecular weight is 483 g/mol. The second kappa shape index (κ2) is 10.3. The van der Waals surface area contributed by atoms with Gasteiger partial charge in [0.05, 0.1) is 13.7 Å². The van der Waals surface area contributed by atoms with Gasteiger partial charge in [-0.1, -0.05) is 6.08 Å². The number of ether oxygens (including phenoxy) is 2. The molecule has 2 N–H and O–H groups in total. The number of esters is 1. The predicted octanol–water partition coefficient (Wildman–Crippen LogP) is 1.79. The second-order valence-electron chi connectivity index (χ2n) is 7.14. The first-order valence-corrected chi connectivity index (χ1v) is 11.4.